The largest absolute Gasteiger partial charge is 0.321 e. The van der Waals surface area contributed by atoms with E-state index in [0.29, 0.717) is 0 Å². The highest BCUT2D eigenvalue weighted by atomic mass is 31.2. The first-order chi connectivity index (χ1) is 3.85. The Kier molecular flexibility index (Phi) is 2.88. The quantitative estimate of drug-likeness (QED) is 0.556. The van der Waals surface area contributed by atoms with E-state index in [0.717, 1.165) is 0 Å². The number of hydrogen-bond acceptors (Lipinski definition) is 1. The van der Waals surface area contributed by atoms with E-state index < -0.39 is 13.1 Å². The van der Waals surface area contributed by atoms with E-state index in [9.17, 15) is 8.96 Å². The summed E-state index contributed by atoms with van der Waals surface area (Å²) >= 11 is 0. The molecule has 1 unspecified atom stereocenters. The third-order valence-corrected chi connectivity index (χ3v) is 2.93. The minimum absolute atomic E-state index is 0.120. The normalized spacial score (nSPS) is 16.2. The Morgan fingerprint density at radius 1 is 1.33 bits per heavy atom. The fourth-order valence-electron chi connectivity index (χ4n) is 0.718. The van der Waals surface area contributed by atoms with Crippen LogP contribution in [0, 0.1) is 5.92 Å². The van der Waals surface area contributed by atoms with Gasteiger partial charge in [-0.05, 0) is 19.2 Å². The third kappa shape index (κ3) is 3.00. The van der Waals surface area contributed by atoms with Crippen molar-refractivity contribution < 1.29 is 8.96 Å². The summed E-state index contributed by atoms with van der Waals surface area (Å²) in [6, 6.07) is 0. The lowest BCUT2D eigenvalue weighted by Crippen LogP contribution is -2.07. The lowest BCUT2D eigenvalue weighted by molar-refractivity contribution is 0.341. The van der Waals surface area contributed by atoms with Crippen molar-refractivity contribution in [2.75, 3.05) is 13.3 Å². The van der Waals surface area contributed by atoms with Gasteiger partial charge in [0.25, 0.3) is 0 Å². The molecule has 0 aromatic rings. The van der Waals surface area contributed by atoms with Crippen molar-refractivity contribution >= 4 is 7.14 Å². The van der Waals surface area contributed by atoms with Gasteiger partial charge in [-0.15, -0.1) is 0 Å². The second-order valence-corrected chi connectivity index (χ2v) is 6.41. The van der Waals surface area contributed by atoms with Crippen LogP contribution in [0.4, 0.5) is 4.39 Å². The monoisotopic (exact) mass is 152 g/mol. The standard InChI is InChI=1S/C6H14FOP/c1-5(2)6(7)9(3,4)8/h5-6H,1-4H3. The van der Waals surface area contributed by atoms with Crippen LogP contribution in [-0.2, 0) is 4.57 Å². The lowest BCUT2D eigenvalue weighted by Gasteiger charge is -2.15. The number of rotatable bonds is 2. The molecule has 0 saturated carbocycles. The first-order valence-electron chi connectivity index (χ1n) is 3.04. The minimum atomic E-state index is -2.48. The number of halogens is 1. The van der Waals surface area contributed by atoms with Gasteiger partial charge in [0.1, 0.15) is 7.14 Å². The van der Waals surface area contributed by atoms with Gasteiger partial charge in [-0.25, -0.2) is 4.39 Å². The van der Waals surface area contributed by atoms with E-state index in [2.05, 4.69) is 0 Å². The third-order valence-electron chi connectivity index (χ3n) is 1.14. The molecule has 0 aromatic heterocycles. The Hall–Kier alpha value is 0.160. The molecule has 9 heavy (non-hydrogen) atoms. The molecular formula is C6H14FOP. The summed E-state index contributed by atoms with van der Waals surface area (Å²) in [5.74, 6) is -1.25. The molecule has 0 aliphatic rings. The maximum absolute atomic E-state index is 12.8. The van der Waals surface area contributed by atoms with Crippen LogP contribution in [0.25, 0.3) is 0 Å². The van der Waals surface area contributed by atoms with Gasteiger partial charge in [0, 0.05) is 0 Å². The molecule has 0 saturated heterocycles. The Morgan fingerprint density at radius 2 is 1.67 bits per heavy atom. The van der Waals surface area contributed by atoms with E-state index in [1.54, 1.807) is 13.8 Å². The Balaban J connectivity index is 4.05. The zero-order valence-corrected chi connectivity index (χ0v) is 7.28. The summed E-state index contributed by atoms with van der Waals surface area (Å²) in [6.07, 6.45) is 0. The molecule has 0 N–H and O–H groups in total. The Morgan fingerprint density at radius 3 is 1.67 bits per heavy atom. The van der Waals surface area contributed by atoms with E-state index >= 15 is 0 Å². The molecule has 0 spiro atoms. The van der Waals surface area contributed by atoms with Gasteiger partial charge in [0.2, 0.25) is 0 Å². The minimum Gasteiger partial charge on any atom is -0.321 e. The molecule has 1 nitrogen and oxygen atoms in total. The molecule has 0 heterocycles. The average Bonchev–Trinajstić information content (AvgIpc) is 1.62. The maximum atomic E-state index is 12.8. The van der Waals surface area contributed by atoms with Crippen LogP contribution in [0.2, 0.25) is 0 Å². The highest BCUT2D eigenvalue weighted by Gasteiger charge is 2.25. The van der Waals surface area contributed by atoms with Crippen LogP contribution >= 0.6 is 7.14 Å². The second-order valence-electron chi connectivity index (χ2n) is 3.05. The van der Waals surface area contributed by atoms with Crippen molar-refractivity contribution in [1.29, 1.82) is 0 Å². The molecule has 0 amide bonds. The van der Waals surface area contributed by atoms with E-state index in [1.807, 2.05) is 0 Å². The predicted molar refractivity (Wildman–Crippen MR) is 39.2 cm³/mol. The molecule has 0 aliphatic carbocycles. The van der Waals surface area contributed by atoms with Crippen LogP contribution in [0.15, 0.2) is 0 Å². The highest BCUT2D eigenvalue weighted by Crippen LogP contribution is 2.46. The fourth-order valence-corrected chi connectivity index (χ4v) is 2.15. The van der Waals surface area contributed by atoms with Gasteiger partial charge >= 0.3 is 0 Å². The fraction of sp³-hybridized carbons (Fsp3) is 1.00. The number of hydrogen-bond donors (Lipinski definition) is 0. The Labute approximate surface area is 56.0 Å². The molecular weight excluding hydrogens is 138 g/mol. The zero-order chi connectivity index (χ0) is 7.65. The van der Waals surface area contributed by atoms with Gasteiger partial charge in [-0.3, -0.25) is 0 Å². The molecule has 0 rings (SSSR count). The van der Waals surface area contributed by atoms with Crippen molar-refractivity contribution in [3.8, 4) is 0 Å². The molecule has 0 aliphatic heterocycles. The summed E-state index contributed by atoms with van der Waals surface area (Å²) in [4.78, 5) is 0. The van der Waals surface area contributed by atoms with Crippen molar-refractivity contribution in [2.24, 2.45) is 5.92 Å². The molecule has 0 radical (unpaired) electrons. The van der Waals surface area contributed by atoms with Crippen molar-refractivity contribution in [3.63, 3.8) is 0 Å². The molecule has 3 heteroatoms. The Bertz CT molecular complexity index is 127. The summed E-state index contributed by atoms with van der Waals surface area (Å²) in [6.45, 7) is 6.45. The van der Waals surface area contributed by atoms with Crippen molar-refractivity contribution in [1.82, 2.24) is 0 Å². The predicted octanol–water partition coefficient (Wildman–Crippen LogP) is 2.56. The summed E-state index contributed by atoms with van der Waals surface area (Å²) in [5.41, 5.74) is 0. The summed E-state index contributed by atoms with van der Waals surface area (Å²) in [5, 5.41) is 0. The lowest BCUT2D eigenvalue weighted by atomic mass is 10.3. The summed E-state index contributed by atoms with van der Waals surface area (Å²) < 4.78 is 23.8. The van der Waals surface area contributed by atoms with Crippen LogP contribution in [0.1, 0.15) is 13.8 Å². The zero-order valence-electron chi connectivity index (χ0n) is 6.39. The highest BCUT2D eigenvalue weighted by molar-refractivity contribution is 7.62. The van der Waals surface area contributed by atoms with Crippen LogP contribution < -0.4 is 0 Å². The first kappa shape index (κ1) is 9.16. The van der Waals surface area contributed by atoms with Gasteiger partial charge < -0.3 is 4.57 Å². The molecule has 0 aromatic carbocycles. The molecule has 56 valence electrons. The van der Waals surface area contributed by atoms with Gasteiger partial charge in [0.05, 0.1) is 0 Å². The maximum Gasteiger partial charge on any atom is 0.154 e. The van der Waals surface area contributed by atoms with Crippen LogP contribution in [0.5, 0.6) is 0 Å². The second kappa shape index (κ2) is 2.83. The van der Waals surface area contributed by atoms with Crippen LogP contribution in [-0.4, -0.2) is 19.2 Å². The smallest absolute Gasteiger partial charge is 0.154 e. The van der Waals surface area contributed by atoms with Crippen LogP contribution in [0.3, 0.4) is 0 Å². The van der Waals surface area contributed by atoms with Gasteiger partial charge in [-0.2, -0.15) is 0 Å². The first-order valence-corrected chi connectivity index (χ1v) is 5.71. The van der Waals surface area contributed by atoms with E-state index in [-0.39, 0.29) is 5.92 Å². The molecule has 1 atom stereocenters. The van der Waals surface area contributed by atoms with Crippen molar-refractivity contribution in [2.45, 2.75) is 19.8 Å². The van der Waals surface area contributed by atoms with Gasteiger partial charge in [-0.1, -0.05) is 13.8 Å². The molecule has 0 bridgehead atoms. The summed E-state index contributed by atoms with van der Waals surface area (Å²) in [7, 11) is -2.48. The van der Waals surface area contributed by atoms with Crippen molar-refractivity contribution in [3.05, 3.63) is 0 Å². The van der Waals surface area contributed by atoms with E-state index in [1.165, 1.54) is 13.3 Å². The topological polar surface area (TPSA) is 17.1 Å². The number of alkyl halides is 1. The van der Waals surface area contributed by atoms with Gasteiger partial charge in [0.15, 0.2) is 5.91 Å². The molecule has 0 fully saturated rings. The SMILES string of the molecule is CC(C)C(F)P(C)(C)=O. The van der Waals surface area contributed by atoms with E-state index in [4.69, 9.17) is 0 Å². The average molecular weight is 152 g/mol.